The summed E-state index contributed by atoms with van der Waals surface area (Å²) in [6, 6.07) is 6.30. The topological polar surface area (TPSA) is 57.5 Å². The molecular formula is C13H16N6S. The molecule has 7 heteroatoms. The molecular weight excluding hydrogens is 272 g/mol. The summed E-state index contributed by atoms with van der Waals surface area (Å²) < 4.78 is 1.81. The van der Waals surface area contributed by atoms with E-state index in [1.165, 1.54) is 11.1 Å². The minimum Gasteiger partial charge on any atom is -0.274 e. The second kappa shape index (κ2) is 4.84. The SMILES string of the molecule is Cc1cc(C)cc(-n2ncc(C3=NNNN3C)c2S)c1. The van der Waals surface area contributed by atoms with Gasteiger partial charge in [-0.3, -0.25) is 5.01 Å². The summed E-state index contributed by atoms with van der Waals surface area (Å²) >= 11 is 4.60. The first-order valence-electron chi connectivity index (χ1n) is 6.24. The highest BCUT2D eigenvalue weighted by Gasteiger charge is 2.20. The van der Waals surface area contributed by atoms with Crippen LogP contribution in [0.5, 0.6) is 0 Å². The van der Waals surface area contributed by atoms with E-state index in [1.54, 1.807) is 11.2 Å². The lowest BCUT2D eigenvalue weighted by Crippen LogP contribution is -2.37. The molecule has 0 aliphatic carbocycles. The maximum Gasteiger partial charge on any atom is 0.177 e. The summed E-state index contributed by atoms with van der Waals surface area (Å²) in [7, 11) is 1.88. The molecule has 0 unspecified atom stereocenters. The molecule has 1 aromatic carbocycles. The molecule has 0 radical (unpaired) electrons. The number of benzene rings is 1. The predicted molar refractivity (Wildman–Crippen MR) is 80.9 cm³/mol. The highest BCUT2D eigenvalue weighted by atomic mass is 32.1. The average molecular weight is 288 g/mol. The fourth-order valence-corrected chi connectivity index (χ4v) is 2.61. The lowest BCUT2D eigenvalue weighted by atomic mass is 10.1. The molecule has 0 amide bonds. The molecule has 0 atom stereocenters. The van der Waals surface area contributed by atoms with E-state index in [2.05, 4.69) is 65.9 Å². The zero-order valence-corrected chi connectivity index (χ0v) is 12.4. The largest absolute Gasteiger partial charge is 0.274 e. The molecule has 0 saturated carbocycles. The number of nitrogens with zero attached hydrogens (tertiary/aromatic N) is 4. The molecule has 1 aromatic heterocycles. The van der Waals surface area contributed by atoms with E-state index in [0.29, 0.717) is 0 Å². The van der Waals surface area contributed by atoms with Gasteiger partial charge < -0.3 is 0 Å². The van der Waals surface area contributed by atoms with E-state index in [0.717, 1.165) is 22.1 Å². The molecule has 1 aliphatic rings. The van der Waals surface area contributed by atoms with Crippen LogP contribution in [0.4, 0.5) is 0 Å². The van der Waals surface area contributed by atoms with Crippen molar-refractivity contribution in [3.63, 3.8) is 0 Å². The van der Waals surface area contributed by atoms with Gasteiger partial charge in [-0.15, -0.1) is 23.3 Å². The molecule has 2 N–H and O–H groups in total. The number of aromatic nitrogens is 2. The molecule has 0 saturated heterocycles. The Labute approximate surface area is 122 Å². The van der Waals surface area contributed by atoms with Gasteiger partial charge >= 0.3 is 0 Å². The molecule has 3 rings (SSSR count). The second-order valence-corrected chi connectivity index (χ2v) is 5.28. The van der Waals surface area contributed by atoms with Crippen molar-refractivity contribution in [3.8, 4) is 5.69 Å². The van der Waals surface area contributed by atoms with Crippen LogP contribution in [-0.2, 0) is 0 Å². The molecule has 1 aliphatic heterocycles. The van der Waals surface area contributed by atoms with Crippen LogP contribution in [0, 0.1) is 13.8 Å². The number of hydrogen-bond acceptors (Lipinski definition) is 6. The number of hydrazone groups is 1. The van der Waals surface area contributed by atoms with Crippen LogP contribution in [0.25, 0.3) is 5.69 Å². The van der Waals surface area contributed by atoms with E-state index >= 15 is 0 Å². The van der Waals surface area contributed by atoms with Crippen LogP contribution in [0.1, 0.15) is 16.7 Å². The van der Waals surface area contributed by atoms with Crippen LogP contribution >= 0.6 is 12.6 Å². The second-order valence-electron chi connectivity index (χ2n) is 4.86. The van der Waals surface area contributed by atoms with Gasteiger partial charge in [-0.2, -0.15) is 5.10 Å². The van der Waals surface area contributed by atoms with Crippen LogP contribution in [-0.4, -0.2) is 27.7 Å². The first-order chi connectivity index (χ1) is 9.56. The zero-order valence-electron chi connectivity index (χ0n) is 11.5. The molecule has 20 heavy (non-hydrogen) atoms. The van der Waals surface area contributed by atoms with Gasteiger partial charge in [-0.05, 0) is 37.1 Å². The average Bonchev–Trinajstić information content (AvgIpc) is 2.94. The number of aryl methyl sites for hydroxylation is 2. The first kappa shape index (κ1) is 13.0. The van der Waals surface area contributed by atoms with Gasteiger partial charge in [0.2, 0.25) is 0 Å². The third-order valence-electron chi connectivity index (χ3n) is 3.13. The molecule has 2 aromatic rings. The Bertz CT molecular complexity index is 670. The fraction of sp³-hybridized carbons (Fsp3) is 0.231. The van der Waals surface area contributed by atoms with Crippen LogP contribution in [0.2, 0.25) is 0 Å². The van der Waals surface area contributed by atoms with Crippen molar-refractivity contribution in [1.29, 1.82) is 0 Å². The summed E-state index contributed by atoms with van der Waals surface area (Å²) in [6.45, 7) is 4.14. The molecule has 2 heterocycles. The Morgan fingerprint density at radius 2 is 1.85 bits per heavy atom. The lowest BCUT2D eigenvalue weighted by Gasteiger charge is -2.11. The number of amidine groups is 1. The molecule has 0 fully saturated rings. The maximum atomic E-state index is 4.60. The van der Waals surface area contributed by atoms with Crippen LogP contribution in [0.3, 0.4) is 0 Å². The van der Waals surface area contributed by atoms with Crippen molar-refractivity contribution in [3.05, 3.63) is 41.1 Å². The van der Waals surface area contributed by atoms with Gasteiger partial charge in [-0.1, -0.05) is 6.07 Å². The molecule has 104 valence electrons. The third kappa shape index (κ3) is 2.14. The van der Waals surface area contributed by atoms with E-state index in [4.69, 9.17) is 0 Å². The highest BCUT2D eigenvalue weighted by molar-refractivity contribution is 7.80. The van der Waals surface area contributed by atoms with Crippen molar-refractivity contribution in [2.24, 2.45) is 5.10 Å². The van der Waals surface area contributed by atoms with Gasteiger partial charge in [0, 0.05) is 7.05 Å². The first-order valence-corrected chi connectivity index (χ1v) is 6.69. The van der Waals surface area contributed by atoms with Crippen molar-refractivity contribution in [2.75, 3.05) is 7.05 Å². The van der Waals surface area contributed by atoms with Crippen LogP contribution in [0.15, 0.2) is 34.5 Å². The lowest BCUT2D eigenvalue weighted by molar-refractivity contribution is 0.348. The van der Waals surface area contributed by atoms with Crippen molar-refractivity contribution in [2.45, 2.75) is 18.9 Å². The summed E-state index contributed by atoms with van der Waals surface area (Å²) in [4.78, 5) is 0. The van der Waals surface area contributed by atoms with Crippen molar-refractivity contribution in [1.82, 2.24) is 25.9 Å². The normalized spacial score (nSPS) is 14.4. The van der Waals surface area contributed by atoms with Gasteiger partial charge in [0.15, 0.2) is 5.84 Å². The van der Waals surface area contributed by atoms with Gasteiger partial charge in [-0.25, -0.2) is 10.2 Å². The zero-order chi connectivity index (χ0) is 14.3. The minimum absolute atomic E-state index is 0.755. The smallest absolute Gasteiger partial charge is 0.177 e. The maximum absolute atomic E-state index is 4.60. The van der Waals surface area contributed by atoms with E-state index < -0.39 is 0 Å². The van der Waals surface area contributed by atoms with Gasteiger partial charge in [0.25, 0.3) is 0 Å². The molecule has 0 bridgehead atoms. The van der Waals surface area contributed by atoms with E-state index in [1.807, 2.05) is 11.7 Å². The summed E-state index contributed by atoms with van der Waals surface area (Å²) in [5.41, 5.74) is 9.84. The van der Waals surface area contributed by atoms with Crippen molar-refractivity contribution >= 4 is 18.5 Å². The Morgan fingerprint density at radius 3 is 2.45 bits per heavy atom. The molecule has 6 nitrogen and oxygen atoms in total. The quantitative estimate of drug-likeness (QED) is 0.731. The highest BCUT2D eigenvalue weighted by Crippen LogP contribution is 2.22. The Balaban J connectivity index is 2.06. The Kier molecular flexibility index (Phi) is 3.15. The van der Waals surface area contributed by atoms with Gasteiger partial charge in [0.05, 0.1) is 17.4 Å². The Hall–Kier alpha value is -1.99. The summed E-state index contributed by atoms with van der Waals surface area (Å²) in [6.07, 6.45) is 1.77. The van der Waals surface area contributed by atoms with E-state index in [-0.39, 0.29) is 0 Å². The number of rotatable bonds is 2. The van der Waals surface area contributed by atoms with Crippen LogP contribution < -0.4 is 11.1 Å². The monoisotopic (exact) mass is 288 g/mol. The number of nitrogens with one attached hydrogen (secondary N) is 2. The van der Waals surface area contributed by atoms with E-state index in [9.17, 15) is 0 Å². The summed E-state index contributed by atoms with van der Waals surface area (Å²) in [5.74, 6) is 0.755. The predicted octanol–water partition coefficient (Wildman–Crippen LogP) is 1.39. The number of hydrogen-bond donors (Lipinski definition) is 3. The number of thiol groups is 1. The standard InChI is InChI=1S/C13H16N6S/c1-8-4-9(2)6-10(5-8)19-13(20)11(7-14-19)12-15-16-17-18(12)3/h4-7,16-17,20H,1-3H3. The number of hydrazine groups is 2. The Morgan fingerprint density at radius 1 is 1.15 bits per heavy atom. The minimum atomic E-state index is 0.755. The summed E-state index contributed by atoms with van der Waals surface area (Å²) in [5, 5.41) is 11.1. The van der Waals surface area contributed by atoms with Crippen molar-refractivity contribution < 1.29 is 0 Å². The fourth-order valence-electron chi connectivity index (χ4n) is 2.28. The van der Waals surface area contributed by atoms with Gasteiger partial charge in [0.1, 0.15) is 5.03 Å². The molecule has 0 spiro atoms. The third-order valence-corrected chi connectivity index (χ3v) is 3.56.